The van der Waals surface area contributed by atoms with E-state index in [1.165, 1.54) is 5.56 Å². The maximum absolute atomic E-state index is 5.44. The van der Waals surface area contributed by atoms with Crippen LogP contribution in [0.15, 0.2) is 97.2 Å². The van der Waals surface area contributed by atoms with Crippen LogP contribution in [0, 0.1) is 0 Å². The molecule has 0 fully saturated rings. The minimum Gasteiger partial charge on any atom is -0.497 e. The Hall–Kier alpha value is -3.92. The van der Waals surface area contributed by atoms with E-state index in [1.54, 1.807) is 7.11 Å². The van der Waals surface area contributed by atoms with Crippen molar-refractivity contribution >= 4 is 11.2 Å². The van der Waals surface area contributed by atoms with Crippen molar-refractivity contribution in [3.8, 4) is 28.3 Å². The Balaban J connectivity index is 1.63. The molecule has 0 aliphatic heterocycles. The van der Waals surface area contributed by atoms with E-state index in [2.05, 4.69) is 53.1 Å². The Labute approximate surface area is 181 Å². The summed E-state index contributed by atoms with van der Waals surface area (Å²) in [5.74, 6) is 1.72. The largest absolute Gasteiger partial charge is 0.497 e. The van der Waals surface area contributed by atoms with E-state index < -0.39 is 0 Å². The topological polar surface area (TPSA) is 39.9 Å². The van der Waals surface area contributed by atoms with Gasteiger partial charge in [-0.25, -0.2) is 9.97 Å². The standard InChI is InChI=1S/C27H23N3O/c1-31-24-14-8-13-22(17-24)27-29-26-25(30(27)16-15-20-9-4-2-5-10-20)18-23(19-28-26)21-11-6-3-7-12-21/h2-14,17-19H,15-16H2,1H3. The quantitative estimate of drug-likeness (QED) is 0.347. The first-order chi connectivity index (χ1) is 15.3. The Morgan fingerprint density at radius 3 is 2.29 bits per heavy atom. The SMILES string of the molecule is COc1cccc(-c2nc3ncc(-c4ccccc4)cc3n2CCc2ccccc2)c1. The van der Waals surface area contributed by atoms with Crippen LogP contribution < -0.4 is 4.74 Å². The molecule has 0 saturated heterocycles. The first kappa shape index (κ1) is 19.1. The Bertz CT molecular complexity index is 1310. The molecule has 0 atom stereocenters. The van der Waals surface area contributed by atoms with Crippen LogP contribution in [0.2, 0.25) is 0 Å². The van der Waals surface area contributed by atoms with Crippen molar-refractivity contribution in [1.82, 2.24) is 14.5 Å². The van der Waals surface area contributed by atoms with Gasteiger partial charge in [-0.15, -0.1) is 0 Å². The molecule has 0 radical (unpaired) electrons. The van der Waals surface area contributed by atoms with E-state index in [0.717, 1.165) is 52.4 Å². The van der Waals surface area contributed by atoms with Crippen LogP contribution in [-0.4, -0.2) is 21.6 Å². The summed E-state index contributed by atoms with van der Waals surface area (Å²) in [5.41, 5.74) is 6.35. The molecule has 5 aromatic rings. The molecule has 5 rings (SSSR count). The number of aromatic nitrogens is 3. The monoisotopic (exact) mass is 405 g/mol. The molecule has 2 heterocycles. The van der Waals surface area contributed by atoms with Gasteiger partial charge in [0.15, 0.2) is 5.65 Å². The minimum absolute atomic E-state index is 0.755. The highest BCUT2D eigenvalue weighted by Gasteiger charge is 2.15. The van der Waals surface area contributed by atoms with Crippen LogP contribution in [0.25, 0.3) is 33.7 Å². The molecule has 152 valence electrons. The summed E-state index contributed by atoms with van der Waals surface area (Å²) in [6, 6.07) is 31.1. The lowest BCUT2D eigenvalue weighted by Gasteiger charge is -2.11. The highest BCUT2D eigenvalue weighted by molar-refractivity contribution is 5.82. The minimum atomic E-state index is 0.755. The number of hydrogen-bond donors (Lipinski definition) is 0. The van der Waals surface area contributed by atoms with E-state index in [4.69, 9.17) is 14.7 Å². The molecule has 4 nitrogen and oxygen atoms in total. The Morgan fingerprint density at radius 2 is 1.52 bits per heavy atom. The molecule has 0 unspecified atom stereocenters. The summed E-state index contributed by atoms with van der Waals surface area (Å²) in [6.07, 6.45) is 2.82. The van der Waals surface area contributed by atoms with E-state index in [-0.39, 0.29) is 0 Å². The predicted octanol–water partition coefficient (Wildman–Crippen LogP) is 6.02. The molecule has 2 aromatic heterocycles. The second kappa shape index (κ2) is 8.44. The highest BCUT2D eigenvalue weighted by atomic mass is 16.5. The Kier molecular flexibility index (Phi) is 5.19. The van der Waals surface area contributed by atoms with Crippen LogP contribution in [0.4, 0.5) is 0 Å². The van der Waals surface area contributed by atoms with Gasteiger partial charge in [-0.3, -0.25) is 0 Å². The first-order valence-corrected chi connectivity index (χ1v) is 10.4. The molecule has 31 heavy (non-hydrogen) atoms. The van der Waals surface area contributed by atoms with Gasteiger partial charge in [0.1, 0.15) is 11.6 Å². The number of pyridine rings is 1. The van der Waals surface area contributed by atoms with Gasteiger partial charge in [0.05, 0.1) is 12.6 Å². The normalized spacial score (nSPS) is 11.0. The number of imidazole rings is 1. The first-order valence-electron chi connectivity index (χ1n) is 10.4. The molecule has 0 saturated carbocycles. The van der Waals surface area contributed by atoms with Crippen LogP contribution in [-0.2, 0) is 13.0 Å². The zero-order valence-electron chi connectivity index (χ0n) is 17.4. The average molecular weight is 406 g/mol. The summed E-state index contributed by atoms with van der Waals surface area (Å²) in [5, 5.41) is 0. The van der Waals surface area contributed by atoms with Gasteiger partial charge in [-0.2, -0.15) is 0 Å². The van der Waals surface area contributed by atoms with Gasteiger partial charge in [0.25, 0.3) is 0 Å². The van der Waals surface area contributed by atoms with Crippen LogP contribution in [0.3, 0.4) is 0 Å². The smallest absolute Gasteiger partial charge is 0.178 e. The summed E-state index contributed by atoms with van der Waals surface area (Å²) in [7, 11) is 1.69. The number of benzene rings is 3. The Morgan fingerprint density at radius 1 is 0.774 bits per heavy atom. The number of methoxy groups -OCH3 is 1. The molecule has 0 aliphatic rings. The molecule has 0 spiro atoms. The number of fused-ring (bicyclic) bond motifs is 1. The van der Waals surface area contributed by atoms with Gasteiger partial charge >= 0.3 is 0 Å². The molecule has 0 bridgehead atoms. The molecular weight excluding hydrogens is 382 g/mol. The molecule has 0 amide bonds. The fourth-order valence-corrected chi connectivity index (χ4v) is 3.89. The number of hydrogen-bond acceptors (Lipinski definition) is 3. The third-order valence-electron chi connectivity index (χ3n) is 5.51. The van der Waals surface area contributed by atoms with Gasteiger partial charge in [0, 0.05) is 23.9 Å². The number of ether oxygens (including phenoxy) is 1. The molecule has 0 N–H and O–H groups in total. The maximum atomic E-state index is 5.44. The lowest BCUT2D eigenvalue weighted by Crippen LogP contribution is -2.04. The molecule has 4 heteroatoms. The fraction of sp³-hybridized carbons (Fsp3) is 0.111. The predicted molar refractivity (Wildman–Crippen MR) is 125 cm³/mol. The van der Waals surface area contributed by atoms with Crippen molar-refractivity contribution in [2.24, 2.45) is 0 Å². The fourth-order valence-electron chi connectivity index (χ4n) is 3.89. The summed E-state index contributed by atoms with van der Waals surface area (Å²) < 4.78 is 7.72. The second-order valence-corrected chi connectivity index (χ2v) is 7.49. The lowest BCUT2D eigenvalue weighted by atomic mass is 10.1. The number of rotatable bonds is 6. The highest BCUT2D eigenvalue weighted by Crippen LogP contribution is 2.29. The van der Waals surface area contributed by atoms with Gasteiger partial charge in [0.2, 0.25) is 0 Å². The van der Waals surface area contributed by atoms with E-state index >= 15 is 0 Å². The van der Waals surface area contributed by atoms with E-state index in [1.807, 2.05) is 48.7 Å². The van der Waals surface area contributed by atoms with Gasteiger partial charge < -0.3 is 9.30 Å². The average Bonchev–Trinajstić information content (AvgIpc) is 3.22. The maximum Gasteiger partial charge on any atom is 0.178 e. The second-order valence-electron chi connectivity index (χ2n) is 7.49. The number of nitrogens with zero attached hydrogens (tertiary/aromatic N) is 3. The number of aryl methyl sites for hydroxylation is 2. The van der Waals surface area contributed by atoms with Crippen molar-refractivity contribution in [3.63, 3.8) is 0 Å². The third kappa shape index (κ3) is 3.92. The van der Waals surface area contributed by atoms with Gasteiger partial charge in [-0.05, 0) is 35.7 Å². The van der Waals surface area contributed by atoms with E-state index in [9.17, 15) is 0 Å². The molecular formula is C27H23N3O. The zero-order valence-corrected chi connectivity index (χ0v) is 17.4. The molecule has 0 aliphatic carbocycles. The van der Waals surface area contributed by atoms with Crippen molar-refractivity contribution < 1.29 is 4.74 Å². The third-order valence-corrected chi connectivity index (χ3v) is 5.51. The summed E-state index contributed by atoms with van der Waals surface area (Å²) >= 11 is 0. The summed E-state index contributed by atoms with van der Waals surface area (Å²) in [4.78, 5) is 9.60. The van der Waals surface area contributed by atoms with Gasteiger partial charge in [-0.1, -0.05) is 72.8 Å². The van der Waals surface area contributed by atoms with Crippen molar-refractivity contribution in [2.75, 3.05) is 7.11 Å². The van der Waals surface area contributed by atoms with Crippen molar-refractivity contribution in [3.05, 3.63) is 103 Å². The molecule has 3 aromatic carbocycles. The summed E-state index contributed by atoms with van der Waals surface area (Å²) in [6.45, 7) is 0.812. The van der Waals surface area contributed by atoms with Crippen LogP contribution in [0.5, 0.6) is 5.75 Å². The van der Waals surface area contributed by atoms with Crippen molar-refractivity contribution in [1.29, 1.82) is 0 Å². The van der Waals surface area contributed by atoms with E-state index in [0.29, 0.717) is 0 Å². The van der Waals surface area contributed by atoms with Crippen molar-refractivity contribution in [2.45, 2.75) is 13.0 Å². The zero-order chi connectivity index (χ0) is 21.0. The van der Waals surface area contributed by atoms with Crippen LogP contribution in [0.1, 0.15) is 5.56 Å². The lowest BCUT2D eigenvalue weighted by molar-refractivity contribution is 0.415. The van der Waals surface area contributed by atoms with Crippen LogP contribution >= 0.6 is 0 Å².